The van der Waals surface area contributed by atoms with Gasteiger partial charge in [-0.25, -0.2) is 9.69 Å². The van der Waals surface area contributed by atoms with E-state index in [1.807, 2.05) is 17.0 Å². The molecule has 2 unspecified atom stereocenters. The average Bonchev–Trinajstić information content (AvgIpc) is 3.07. The van der Waals surface area contributed by atoms with Crippen LogP contribution >= 0.6 is 0 Å². The number of fused-ring (bicyclic) bond motifs is 3. The molecule has 3 aliphatic rings. The first-order valence-corrected chi connectivity index (χ1v) is 13.8. The van der Waals surface area contributed by atoms with Gasteiger partial charge in [0.05, 0.1) is 39.7 Å². The number of piperidine rings is 1. The first-order chi connectivity index (χ1) is 19.3. The minimum atomic E-state index is -0.770. The van der Waals surface area contributed by atoms with Crippen molar-refractivity contribution in [1.82, 2.24) is 14.7 Å². The monoisotopic (exact) mass is 552 g/mol. The van der Waals surface area contributed by atoms with Crippen molar-refractivity contribution in [3.05, 3.63) is 53.2 Å². The highest BCUT2D eigenvalue weighted by Gasteiger charge is 2.55. The summed E-state index contributed by atoms with van der Waals surface area (Å²) in [4.78, 5) is 19.4. The van der Waals surface area contributed by atoms with Gasteiger partial charge >= 0.3 is 6.03 Å². The smallest absolute Gasteiger partial charge is 0.321 e. The molecule has 0 aromatic heterocycles. The number of benzene rings is 2. The van der Waals surface area contributed by atoms with Crippen LogP contribution in [0.3, 0.4) is 0 Å². The van der Waals surface area contributed by atoms with Crippen molar-refractivity contribution in [2.24, 2.45) is 0 Å². The highest BCUT2D eigenvalue weighted by atomic mass is 16.5. The first-order valence-electron chi connectivity index (χ1n) is 13.8. The van der Waals surface area contributed by atoms with Gasteiger partial charge in [0.25, 0.3) is 0 Å². The van der Waals surface area contributed by atoms with Crippen molar-refractivity contribution < 1.29 is 28.8 Å². The number of methoxy groups -OCH3 is 4. The van der Waals surface area contributed by atoms with Crippen molar-refractivity contribution in [2.45, 2.75) is 51.0 Å². The third kappa shape index (κ3) is 4.58. The fourth-order valence-electron chi connectivity index (χ4n) is 6.64. The number of carbonyl (C=O) groups is 1. The molecule has 2 N–H and O–H groups in total. The Bertz CT molecular complexity index is 1290. The fourth-order valence-corrected chi connectivity index (χ4v) is 6.64. The van der Waals surface area contributed by atoms with Crippen LogP contribution < -0.4 is 24.3 Å². The number of allylic oxidation sites excluding steroid dienone is 1. The van der Waals surface area contributed by atoms with Crippen LogP contribution in [-0.2, 0) is 6.54 Å². The van der Waals surface area contributed by atoms with Crippen LogP contribution in [0.2, 0.25) is 0 Å². The number of carbonyl (C=O) groups excluding carboxylic acids is 1. The van der Waals surface area contributed by atoms with E-state index in [4.69, 9.17) is 18.9 Å². The molecule has 2 aromatic rings. The van der Waals surface area contributed by atoms with Crippen LogP contribution in [-0.4, -0.2) is 85.8 Å². The summed E-state index contributed by atoms with van der Waals surface area (Å²) in [6.07, 6.45) is 2.91. The maximum atomic E-state index is 13.3. The predicted molar refractivity (Wildman–Crippen MR) is 152 cm³/mol. The molecule has 3 heterocycles. The lowest BCUT2D eigenvalue weighted by atomic mass is 9.82. The maximum absolute atomic E-state index is 13.3. The molecule has 0 bridgehead atoms. The Kier molecular flexibility index (Phi) is 7.74. The average molecular weight is 553 g/mol. The standard InChI is InChI=1S/C30H40N4O6/c1-7-34-29(36)33-18-20-15-22(38-4)17-25(40-6)27(20)19(2)14-26(33)30(34)10-12-32(13-11-30)28(35)31-23-16-21(37-3)8-9-24(23)39-5/h8-9,14-17,19,29,36H,7,10-13,18H2,1-6H3,(H,31,35). The molecule has 10 nitrogen and oxygen atoms in total. The largest absolute Gasteiger partial charge is 0.497 e. The quantitative estimate of drug-likeness (QED) is 0.551. The number of aliphatic hydroxyl groups is 1. The molecule has 2 amide bonds. The van der Waals surface area contributed by atoms with Crippen molar-refractivity contribution in [3.8, 4) is 23.0 Å². The second kappa shape index (κ2) is 11.1. The van der Waals surface area contributed by atoms with E-state index < -0.39 is 6.35 Å². The van der Waals surface area contributed by atoms with Gasteiger partial charge in [0.15, 0.2) is 6.35 Å². The van der Waals surface area contributed by atoms with E-state index >= 15 is 0 Å². The van der Waals surface area contributed by atoms with Crippen LogP contribution in [0.4, 0.5) is 10.5 Å². The van der Waals surface area contributed by atoms with Gasteiger partial charge in [-0.15, -0.1) is 0 Å². The molecule has 3 aliphatic heterocycles. The summed E-state index contributed by atoms with van der Waals surface area (Å²) in [5.41, 5.74) is 3.48. The highest BCUT2D eigenvalue weighted by molar-refractivity contribution is 5.91. The molecule has 1 spiro atoms. The number of rotatable bonds is 6. The van der Waals surface area contributed by atoms with E-state index in [0.29, 0.717) is 56.2 Å². The van der Waals surface area contributed by atoms with Gasteiger partial charge in [-0.2, -0.15) is 0 Å². The second-order valence-corrected chi connectivity index (χ2v) is 10.5. The molecule has 216 valence electrons. The molecule has 0 aliphatic carbocycles. The van der Waals surface area contributed by atoms with Crippen LogP contribution in [0.15, 0.2) is 42.1 Å². The number of likely N-dealkylation sites (N-methyl/N-ethyl adjacent to an activating group) is 1. The van der Waals surface area contributed by atoms with Crippen molar-refractivity contribution >= 4 is 11.7 Å². The first kappa shape index (κ1) is 27.9. The summed E-state index contributed by atoms with van der Waals surface area (Å²) in [5.74, 6) is 2.79. The van der Waals surface area contributed by atoms with Crippen molar-refractivity contribution in [2.75, 3.05) is 53.4 Å². The molecule has 2 saturated heterocycles. The Morgan fingerprint density at radius 3 is 2.33 bits per heavy atom. The zero-order chi connectivity index (χ0) is 28.6. The van der Waals surface area contributed by atoms with Crippen LogP contribution in [0.5, 0.6) is 23.0 Å². The Morgan fingerprint density at radius 1 is 1.00 bits per heavy atom. The second-order valence-electron chi connectivity index (χ2n) is 10.5. The highest BCUT2D eigenvalue weighted by Crippen LogP contribution is 2.50. The summed E-state index contributed by atoms with van der Waals surface area (Å²) < 4.78 is 22.1. The van der Waals surface area contributed by atoms with Gasteiger partial charge < -0.3 is 39.2 Å². The van der Waals surface area contributed by atoms with Crippen LogP contribution in [0.25, 0.3) is 0 Å². The third-order valence-electron chi connectivity index (χ3n) is 8.62. The summed E-state index contributed by atoms with van der Waals surface area (Å²) in [6, 6.07) is 9.09. The lowest BCUT2D eigenvalue weighted by Crippen LogP contribution is -2.56. The Labute approximate surface area is 236 Å². The van der Waals surface area contributed by atoms with Crippen molar-refractivity contribution in [3.63, 3.8) is 0 Å². The van der Waals surface area contributed by atoms with Gasteiger partial charge in [0.1, 0.15) is 23.0 Å². The SMILES string of the molecule is CCN1C(O)N2Cc3cc(OC)cc(OC)c3C(C)C=C2C12CCN(C(=O)Nc1cc(OC)ccc1OC)CC2. The predicted octanol–water partition coefficient (Wildman–Crippen LogP) is 4.20. The van der Waals surface area contributed by atoms with E-state index in [1.54, 1.807) is 46.6 Å². The van der Waals surface area contributed by atoms with Crippen LogP contribution in [0.1, 0.15) is 43.7 Å². The number of hydrogen-bond acceptors (Lipinski definition) is 8. The molecular weight excluding hydrogens is 512 g/mol. The fraction of sp³-hybridized carbons (Fsp3) is 0.500. The van der Waals surface area contributed by atoms with E-state index in [9.17, 15) is 9.90 Å². The zero-order valence-electron chi connectivity index (χ0n) is 24.2. The summed E-state index contributed by atoms with van der Waals surface area (Å²) in [7, 11) is 6.49. The Morgan fingerprint density at radius 2 is 1.70 bits per heavy atom. The van der Waals surface area contributed by atoms with E-state index in [-0.39, 0.29) is 17.5 Å². The van der Waals surface area contributed by atoms with Crippen molar-refractivity contribution in [1.29, 1.82) is 0 Å². The number of aliphatic hydroxyl groups excluding tert-OH is 1. The topological polar surface area (TPSA) is 96.0 Å². The molecule has 40 heavy (non-hydrogen) atoms. The summed E-state index contributed by atoms with van der Waals surface area (Å²) in [5, 5.41) is 14.6. The minimum Gasteiger partial charge on any atom is -0.497 e. The summed E-state index contributed by atoms with van der Waals surface area (Å²) in [6.45, 7) is 6.57. The number of nitrogens with zero attached hydrogens (tertiary/aromatic N) is 3. The number of nitrogens with one attached hydrogen (secondary N) is 1. The molecule has 2 atom stereocenters. The van der Waals surface area contributed by atoms with Gasteiger partial charge in [-0.05, 0) is 36.6 Å². The molecular formula is C30H40N4O6. The molecule has 2 fully saturated rings. The molecule has 2 aromatic carbocycles. The molecule has 0 saturated carbocycles. The molecule has 0 radical (unpaired) electrons. The van der Waals surface area contributed by atoms with E-state index in [2.05, 4.69) is 35.0 Å². The van der Waals surface area contributed by atoms with E-state index in [0.717, 1.165) is 28.3 Å². The molecule has 5 rings (SSSR count). The lowest BCUT2D eigenvalue weighted by molar-refractivity contribution is -0.0848. The van der Waals surface area contributed by atoms with Gasteiger partial charge in [-0.3, -0.25) is 0 Å². The van der Waals surface area contributed by atoms with Gasteiger partial charge in [0, 0.05) is 55.5 Å². The zero-order valence-corrected chi connectivity index (χ0v) is 24.2. The van der Waals surface area contributed by atoms with Gasteiger partial charge in [-0.1, -0.05) is 19.9 Å². The number of anilines is 1. The normalized spacial score (nSPS) is 21.7. The third-order valence-corrected chi connectivity index (χ3v) is 8.62. The Hall–Kier alpha value is -3.63. The van der Waals surface area contributed by atoms with Crippen LogP contribution in [0, 0.1) is 0 Å². The minimum absolute atomic E-state index is 0.0681. The number of ether oxygens (including phenoxy) is 4. The van der Waals surface area contributed by atoms with Gasteiger partial charge in [0.2, 0.25) is 0 Å². The van der Waals surface area contributed by atoms with E-state index in [1.165, 1.54) is 0 Å². The number of urea groups is 1. The number of hydrogen-bond donors (Lipinski definition) is 2. The number of amides is 2. The Balaban J connectivity index is 1.41. The lowest BCUT2D eigenvalue weighted by Gasteiger charge is -2.44. The molecule has 10 heteroatoms. The number of likely N-dealkylation sites (tertiary alicyclic amines) is 1. The summed E-state index contributed by atoms with van der Waals surface area (Å²) >= 11 is 0. The maximum Gasteiger partial charge on any atom is 0.321 e.